The van der Waals surface area contributed by atoms with Crippen LogP contribution in [0.3, 0.4) is 0 Å². The van der Waals surface area contributed by atoms with E-state index in [0.29, 0.717) is 23.7 Å². The van der Waals surface area contributed by atoms with E-state index in [0.717, 1.165) is 33.8 Å². The van der Waals surface area contributed by atoms with E-state index in [-0.39, 0.29) is 0 Å². The first kappa shape index (κ1) is 19.6. The number of hydrogen-bond acceptors (Lipinski definition) is 5. The quantitative estimate of drug-likeness (QED) is 0.464. The van der Waals surface area contributed by atoms with Crippen LogP contribution >= 0.6 is 0 Å². The third-order valence-electron chi connectivity index (χ3n) is 4.73. The van der Waals surface area contributed by atoms with E-state index >= 15 is 0 Å². The van der Waals surface area contributed by atoms with E-state index in [9.17, 15) is 4.39 Å². The summed E-state index contributed by atoms with van der Waals surface area (Å²) in [6, 6.07) is 10.7. The minimum absolute atomic E-state index is 0.419. The Labute approximate surface area is 173 Å². The molecule has 3 aromatic heterocycles. The van der Waals surface area contributed by atoms with Crippen LogP contribution in [0.15, 0.2) is 55.0 Å². The molecule has 0 atom stereocenters. The van der Waals surface area contributed by atoms with Crippen LogP contribution in [0, 0.1) is 19.8 Å². The Bertz CT molecular complexity index is 1160. The number of nitrogens with zero attached hydrogens (tertiary/aromatic N) is 3. The number of halogens is 1. The van der Waals surface area contributed by atoms with Gasteiger partial charge in [-0.05, 0) is 43.7 Å². The van der Waals surface area contributed by atoms with E-state index in [1.165, 1.54) is 12.3 Å². The average Bonchev–Trinajstić information content (AvgIpc) is 3.24. The number of aromatic nitrogens is 4. The Morgan fingerprint density at radius 2 is 1.80 bits per heavy atom. The van der Waals surface area contributed by atoms with E-state index in [1.807, 2.05) is 44.3 Å². The van der Waals surface area contributed by atoms with E-state index in [2.05, 4.69) is 19.9 Å². The molecule has 0 fully saturated rings. The van der Waals surface area contributed by atoms with Crippen molar-refractivity contribution in [2.24, 2.45) is 0 Å². The molecule has 1 N–H and O–H groups in total. The second-order valence-corrected chi connectivity index (χ2v) is 6.93. The van der Waals surface area contributed by atoms with Gasteiger partial charge < -0.3 is 14.5 Å². The number of pyridine rings is 2. The van der Waals surface area contributed by atoms with Crippen LogP contribution in [-0.4, -0.2) is 27.0 Å². The third-order valence-corrected chi connectivity index (χ3v) is 4.73. The smallest absolute Gasteiger partial charge is 0.212 e. The van der Waals surface area contributed by atoms with Crippen molar-refractivity contribution in [3.63, 3.8) is 0 Å². The zero-order valence-corrected chi connectivity index (χ0v) is 16.9. The molecule has 1 aromatic carbocycles. The molecular weight excluding hydrogens is 383 g/mol. The molecule has 0 aliphatic rings. The summed E-state index contributed by atoms with van der Waals surface area (Å²) in [5.41, 5.74) is 5.26. The highest BCUT2D eigenvalue weighted by molar-refractivity contribution is 5.72. The predicted octanol–water partition coefficient (Wildman–Crippen LogP) is 4.88. The minimum atomic E-state index is -0.528. The van der Waals surface area contributed by atoms with Gasteiger partial charge in [0.25, 0.3) is 0 Å². The number of rotatable bonds is 6. The maximum atomic E-state index is 13.1. The molecule has 0 spiro atoms. The molecule has 30 heavy (non-hydrogen) atoms. The number of hydrogen-bond donors (Lipinski definition) is 1. The fraction of sp³-hybridized carbons (Fsp3) is 0.174. The first-order valence-corrected chi connectivity index (χ1v) is 9.44. The van der Waals surface area contributed by atoms with Crippen molar-refractivity contribution in [1.29, 1.82) is 0 Å². The van der Waals surface area contributed by atoms with Gasteiger partial charge in [0.05, 0.1) is 19.0 Å². The summed E-state index contributed by atoms with van der Waals surface area (Å²) in [7, 11) is 1.61. The van der Waals surface area contributed by atoms with Crippen LogP contribution in [0.1, 0.15) is 16.8 Å². The fourth-order valence-electron chi connectivity index (χ4n) is 3.07. The molecule has 152 valence electrons. The molecular formula is C23H21FN4O2. The number of aromatic amines is 1. The van der Waals surface area contributed by atoms with Gasteiger partial charge in [-0.2, -0.15) is 4.39 Å². The summed E-state index contributed by atoms with van der Waals surface area (Å²) < 4.78 is 24.7. The van der Waals surface area contributed by atoms with Crippen molar-refractivity contribution in [1.82, 2.24) is 19.9 Å². The van der Waals surface area contributed by atoms with Crippen LogP contribution < -0.4 is 9.47 Å². The molecule has 0 radical (unpaired) electrons. The summed E-state index contributed by atoms with van der Waals surface area (Å²) in [5.74, 6) is 1.47. The first-order valence-electron chi connectivity index (χ1n) is 9.44. The Balaban J connectivity index is 1.59. The average molecular weight is 404 g/mol. The monoisotopic (exact) mass is 404 g/mol. The maximum absolute atomic E-state index is 13.1. The topological polar surface area (TPSA) is 72.9 Å². The van der Waals surface area contributed by atoms with Crippen LogP contribution in [0.2, 0.25) is 0 Å². The van der Waals surface area contributed by atoms with Gasteiger partial charge in [0.15, 0.2) is 0 Å². The number of benzene rings is 1. The normalized spacial score (nSPS) is 10.8. The van der Waals surface area contributed by atoms with Crippen molar-refractivity contribution in [3.05, 3.63) is 77.8 Å². The highest BCUT2D eigenvalue weighted by Crippen LogP contribution is 2.36. The van der Waals surface area contributed by atoms with Crippen molar-refractivity contribution >= 4 is 0 Å². The third kappa shape index (κ3) is 4.15. The zero-order valence-electron chi connectivity index (χ0n) is 16.9. The van der Waals surface area contributed by atoms with E-state index in [4.69, 9.17) is 9.47 Å². The Hall–Kier alpha value is -3.74. The second kappa shape index (κ2) is 8.32. The SMILES string of the molecule is COc1cc(OCc2ccc(C)nc2)c(C)cc1-c1cnc(-c2ccc(F)nc2)[nH]1. The lowest BCUT2D eigenvalue weighted by atomic mass is 10.1. The fourth-order valence-corrected chi connectivity index (χ4v) is 3.07. The molecule has 7 heteroatoms. The van der Waals surface area contributed by atoms with Gasteiger partial charge in [0.2, 0.25) is 5.95 Å². The molecule has 0 saturated heterocycles. The Kier molecular flexibility index (Phi) is 5.43. The van der Waals surface area contributed by atoms with Crippen molar-refractivity contribution in [2.75, 3.05) is 7.11 Å². The lowest BCUT2D eigenvalue weighted by Crippen LogP contribution is -1.99. The van der Waals surface area contributed by atoms with Gasteiger partial charge in [0, 0.05) is 40.8 Å². The Morgan fingerprint density at radius 1 is 0.933 bits per heavy atom. The predicted molar refractivity (Wildman–Crippen MR) is 112 cm³/mol. The molecule has 0 bridgehead atoms. The van der Waals surface area contributed by atoms with Gasteiger partial charge in [-0.25, -0.2) is 9.97 Å². The molecule has 0 saturated carbocycles. The van der Waals surface area contributed by atoms with Crippen LogP contribution in [0.4, 0.5) is 4.39 Å². The van der Waals surface area contributed by atoms with Gasteiger partial charge in [-0.15, -0.1) is 0 Å². The number of ether oxygens (including phenoxy) is 2. The van der Waals surface area contributed by atoms with Gasteiger partial charge >= 0.3 is 0 Å². The second-order valence-electron chi connectivity index (χ2n) is 6.93. The molecule has 4 aromatic rings. The van der Waals surface area contributed by atoms with E-state index in [1.54, 1.807) is 19.4 Å². The van der Waals surface area contributed by atoms with Crippen molar-refractivity contribution in [3.8, 4) is 34.1 Å². The molecule has 3 heterocycles. The Morgan fingerprint density at radius 3 is 2.50 bits per heavy atom. The number of methoxy groups -OCH3 is 1. The summed E-state index contributed by atoms with van der Waals surface area (Å²) >= 11 is 0. The van der Waals surface area contributed by atoms with E-state index < -0.39 is 5.95 Å². The van der Waals surface area contributed by atoms with Gasteiger partial charge in [-0.1, -0.05) is 6.07 Å². The maximum Gasteiger partial charge on any atom is 0.212 e. The van der Waals surface area contributed by atoms with Crippen molar-refractivity contribution in [2.45, 2.75) is 20.5 Å². The number of imidazole rings is 1. The van der Waals surface area contributed by atoms with Crippen LogP contribution in [0.5, 0.6) is 11.5 Å². The summed E-state index contributed by atoms with van der Waals surface area (Å²) in [5, 5.41) is 0. The number of H-pyrrole nitrogens is 1. The molecule has 0 amide bonds. The lowest BCUT2D eigenvalue weighted by molar-refractivity contribution is 0.301. The lowest BCUT2D eigenvalue weighted by Gasteiger charge is -2.14. The minimum Gasteiger partial charge on any atom is -0.496 e. The van der Waals surface area contributed by atoms with Crippen LogP contribution in [0.25, 0.3) is 22.6 Å². The standard InChI is InChI=1S/C23H21FN4O2/c1-14-8-18(19-12-27-23(28-19)17-6-7-22(24)26-11-17)21(29-3)9-20(14)30-13-16-5-4-15(2)25-10-16/h4-12H,13H2,1-3H3,(H,27,28). The molecule has 0 aliphatic heterocycles. The van der Waals surface area contributed by atoms with Gasteiger partial charge in [0.1, 0.15) is 23.9 Å². The van der Waals surface area contributed by atoms with Crippen molar-refractivity contribution < 1.29 is 13.9 Å². The zero-order chi connectivity index (χ0) is 21.1. The largest absolute Gasteiger partial charge is 0.496 e. The molecule has 6 nitrogen and oxygen atoms in total. The van der Waals surface area contributed by atoms with Gasteiger partial charge in [-0.3, -0.25) is 4.98 Å². The summed E-state index contributed by atoms with van der Waals surface area (Å²) in [6.07, 6.45) is 4.97. The molecule has 4 rings (SSSR count). The summed E-state index contributed by atoms with van der Waals surface area (Å²) in [6.45, 7) is 4.35. The molecule has 0 aliphatic carbocycles. The highest BCUT2D eigenvalue weighted by atomic mass is 19.1. The number of aryl methyl sites for hydroxylation is 2. The van der Waals surface area contributed by atoms with Crippen LogP contribution in [-0.2, 0) is 6.61 Å². The molecule has 0 unspecified atom stereocenters. The first-order chi connectivity index (χ1) is 14.5. The summed E-state index contributed by atoms with van der Waals surface area (Å²) in [4.78, 5) is 15.6. The highest BCUT2D eigenvalue weighted by Gasteiger charge is 2.14. The number of nitrogens with one attached hydrogen (secondary N) is 1.